The van der Waals surface area contributed by atoms with Crippen LogP contribution >= 0.6 is 11.8 Å². The highest BCUT2D eigenvalue weighted by molar-refractivity contribution is 8.00. The van der Waals surface area contributed by atoms with Crippen LogP contribution in [0.4, 0.5) is 23.7 Å². The van der Waals surface area contributed by atoms with Crippen molar-refractivity contribution in [3.05, 3.63) is 24.3 Å². The molecule has 1 aliphatic carbocycles. The molecule has 0 unspecified atom stereocenters. The number of anilines is 1. The Bertz CT molecular complexity index is 461. The Labute approximate surface area is 112 Å². The van der Waals surface area contributed by atoms with Crippen molar-refractivity contribution in [2.24, 2.45) is 0 Å². The number of halogens is 3. The quantitative estimate of drug-likeness (QED) is 0.827. The van der Waals surface area contributed by atoms with Crippen LogP contribution in [0.1, 0.15) is 19.3 Å². The molecule has 1 aliphatic rings. The van der Waals surface area contributed by atoms with Crippen molar-refractivity contribution >= 4 is 23.5 Å². The number of nitrogens with one attached hydrogen (secondary N) is 2. The maximum absolute atomic E-state index is 12.2. The molecule has 3 nitrogen and oxygen atoms in total. The Morgan fingerprint density at radius 1 is 1.32 bits per heavy atom. The number of hydrogen-bond acceptors (Lipinski definition) is 2. The van der Waals surface area contributed by atoms with Gasteiger partial charge in [-0.3, -0.25) is 0 Å². The average molecular weight is 290 g/mol. The standard InChI is InChI=1S/C12H13F3N2OS/c13-12(14,15)19-10-6-2-5-9(7-10)17-11(18)16-8-3-1-4-8/h2,5-8H,1,3-4H2,(H2,16,17,18). The predicted octanol–water partition coefficient (Wildman–Crippen LogP) is 3.97. The van der Waals surface area contributed by atoms with Crippen molar-refractivity contribution in [3.63, 3.8) is 0 Å². The molecule has 2 N–H and O–H groups in total. The van der Waals surface area contributed by atoms with Gasteiger partial charge >= 0.3 is 11.5 Å². The first kappa shape index (κ1) is 14.0. The first-order chi connectivity index (χ1) is 8.92. The van der Waals surface area contributed by atoms with Crippen LogP contribution in [0.2, 0.25) is 0 Å². The zero-order valence-electron chi connectivity index (χ0n) is 9.96. The summed E-state index contributed by atoms with van der Waals surface area (Å²) in [5.41, 5.74) is -3.97. The smallest absolute Gasteiger partial charge is 0.335 e. The number of thioether (sulfide) groups is 1. The minimum absolute atomic E-state index is 0.0499. The predicted molar refractivity (Wildman–Crippen MR) is 68.1 cm³/mol. The first-order valence-electron chi connectivity index (χ1n) is 5.86. The fraction of sp³-hybridized carbons (Fsp3) is 0.417. The Morgan fingerprint density at radius 3 is 2.63 bits per heavy atom. The van der Waals surface area contributed by atoms with Gasteiger partial charge in [-0.2, -0.15) is 13.2 Å². The molecule has 1 saturated carbocycles. The number of carbonyl (C=O) groups excluding carboxylic acids is 1. The molecule has 0 aliphatic heterocycles. The highest BCUT2D eigenvalue weighted by Crippen LogP contribution is 2.37. The van der Waals surface area contributed by atoms with Crippen LogP contribution in [0.5, 0.6) is 0 Å². The lowest BCUT2D eigenvalue weighted by molar-refractivity contribution is -0.0328. The van der Waals surface area contributed by atoms with E-state index in [0.717, 1.165) is 19.3 Å². The van der Waals surface area contributed by atoms with E-state index in [0.29, 0.717) is 5.69 Å². The topological polar surface area (TPSA) is 41.1 Å². The van der Waals surface area contributed by atoms with E-state index < -0.39 is 5.51 Å². The van der Waals surface area contributed by atoms with E-state index in [9.17, 15) is 18.0 Å². The van der Waals surface area contributed by atoms with Gasteiger partial charge in [0.1, 0.15) is 0 Å². The van der Waals surface area contributed by atoms with Gasteiger partial charge in [-0.25, -0.2) is 4.79 Å². The molecule has 0 spiro atoms. The number of carbonyl (C=O) groups is 1. The van der Waals surface area contributed by atoms with Crippen LogP contribution in [0.25, 0.3) is 0 Å². The van der Waals surface area contributed by atoms with Crippen LogP contribution in [0.3, 0.4) is 0 Å². The summed E-state index contributed by atoms with van der Waals surface area (Å²) in [6.45, 7) is 0. The third-order valence-corrected chi connectivity index (χ3v) is 3.49. The van der Waals surface area contributed by atoms with E-state index in [1.165, 1.54) is 18.2 Å². The number of rotatable bonds is 3. The Hall–Kier alpha value is -1.37. The summed E-state index contributed by atoms with van der Waals surface area (Å²) < 4.78 is 36.7. The van der Waals surface area contributed by atoms with Crippen molar-refractivity contribution < 1.29 is 18.0 Å². The van der Waals surface area contributed by atoms with Crippen LogP contribution in [0.15, 0.2) is 29.2 Å². The summed E-state index contributed by atoms with van der Waals surface area (Å²) in [5.74, 6) is 0. The van der Waals surface area contributed by atoms with E-state index in [4.69, 9.17) is 0 Å². The van der Waals surface area contributed by atoms with E-state index in [-0.39, 0.29) is 28.7 Å². The second kappa shape index (κ2) is 5.73. The molecule has 0 saturated heterocycles. The van der Waals surface area contributed by atoms with Gasteiger partial charge in [-0.15, -0.1) is 0 Å². The molecule has 2 amide bonds. The molecule has 7 heteroatoms. The minimum atomic E-state index is -4.33. The normalized spacial score (nSPS) is 15.7. The van der Waals surface area contributed by atoms with E-state index in [1.54, 1.807) is 6.07 Å². The van der Waals surface area contributed by atoms with E-state index in [2.05, 4.69) is 10.6 Å². The lowest BCUT2D eigenvalue weighted by atomic mass is 9.93. The lowest BCUT2D eigenvalue weighted by Crippen LogP contribution is -2.41. The second-order valence-electron chi connectivity index (χ2n) is 4.30. The van der Waals surface area contributed by atoms with Gasteiger partial charge in [0.2, 0.25) is 0 Å². The zero-order chi connectivity index (χ0) is 13.9. The number of urea groups is 1. The molecule has 0 aromatic heterocycles. The molecule has 0 bridgehead atoms. The zero-order valence-corrected chi connectivity index (χ0v) is 10.8. The fourth-order valence-corrected chi connectivity index (χ4v) is 2.28. The van der Waals surface area contributed by atoms with Gasteiger partial charge in [0.15, 0.2) is 0 Å². The maximum Gasteiger partial charge on any atom is 0.446 e. The van der Waals surface area contributed by atoms with Crippen LogP contribution in [-0.2, 0) is 0 Å². The molecule has 1 aromatic rings. The maximum atomic E-state index is 12.2. The van der Waals surface area contributed by atoms with Gasteiger partial charge in [-0.05, 0) is 49.2 Å². The molecule has 1 fully saturated rings. The Kier molecular flexibility index (Phi) is 4.24. The Balaban J connectivity index is 1.92. The third-order valence-electron chi connectivity index (χ3n) is 2.77. The monoisotopic (exact) mass is 290 g/mol. The van der Waals surface area contributed by atoms with Gasteiger partial charge in [-0.1, -0.05) is 6.07 Å². The SMILES string of the molecule is O=C(Nc1cccc(SC(F)(F)F)c1)NC1CCC1. The first-order valence-corrected chi connectivity index (χ1v) is 6.67. The summed E-state index contributed by atoms with van der Waals surface area (Å²) >= 11 is -0.200. The van der Waals surface area contributed by atoms with Crippen LogP contribution in [0, 0.1) is 0 Å². The number of alkyl halides is 3. The summed E-state index contributed by atoms with van der Waals surface area (Å²) in [6.07, 6.45) is 3.01. The highest BCUT2D eigenvalue weighted by Gasteiger charge is 2.29. The molecule has 0 heterocycles. The molecule has 0 radical (unpaired) electrons. The largest absolute Gasteiger partial charge is 0.446 e. The van der Waals surface area contributed by atoms with Gasteiger partial charge in [0.05, 0.1) is 0 Å². The molecule has 1 aromatic carbocycles. The second-order valence-corrected chi connectivity index (χ2v) is 5.44. The molecular weight excluding hydrogens is 277 g/mol. The third kappa shape index (κ3) is 4.66. The summed E-state index contributed by atoms with van der Waals surface area (Å²) in [5, 5.41) is 5.29. The molecular formula is C12H13F3N2OS. The summed E-state index contributed by atoms with van der Waals surface area (Å²) in [7, 11) is 0. The Morgan fingerprint density at radius 2 is 2.05 bits per heavy atom. The van der Waals surface area contributed by atoms with Crippen molar-refractivity contribution in [2.75, 3.05) is 5.32 Å². The van der Waals surface area contributed by atoms with Crippen molar-refractivity contribution in [1.29, 1.82) is 0 Å². The molecule has 2 rings (SSSR count). The highest BCUT2D eigenvalue weighted by atomic mass is 32.2. The van der Waals surface area contributed by atoms with Crippen LogP contribution in [-0.4, -0.2) is 17.6 Å². The van der Waals surface area contributed by atoms with Crippen molar-refractivity contribution in [2.45, 2.75) is 35.7 Å². The van der Waals surface area contributed by atoms with Crippen LogP contribution < -0.4 is 10.6 Å². The van der Waals surface area contributed by atoms with Crippen molar-refractivity contribution in [3.8, 4) is 0 Å². The molecule has 0 atom stereocenters. The minimum Gasteiger partial charge on any atom is -0.335 e. The van der Waals surface area contributed by atoms with E-state index in [1.807, 2.05) is 0 Å². The fourth-order valence-electron chi connectivity index (χ4n) is 1.68. The number of hydrogen-bond donors (Lipinski definition) is 2. The van der Waals surface area contributed by atoms with E-state index >= 15 is 0 Å². The van der Waals surface area contributed by atoms with Crippen molar-refractivity contribution in [1.82, 2.24) is 5.32 Å². The number of amides is 2. The van der Waals surface area contributed by atoms with Gasteiger partial charge in [0.25, 0.3) is 0 Å². The molecule has 104 valence electrons. The molecule has 19 heavy (non-hydrogen) atoms. The van der Waals surface area contributed by atoms with Gasteiger partial charge in [0, 0.05) is 16.6 Å². The average Bonchev–Trinajstić information content (AvgIpc) is 2.21. The summed E-state index contributed by atoms with van der Waals surface area (Å²) in [4.78, 5) is 11.6. The summed E-state index contributed by atoms with van der Waals surface area (Å²) in [6, 6.07) is 5.51. The van der Waals surface area contributed by atoms with Gasteiger partial charge < -0.3 is 10.6 Å². The number of benzene rings is 1. The lowest BCUT2D eigenvalue weighted by Gasteiger charge is -2.26.